The van der Waals surface area contributed by atoms with Crippen LogP contribution >= 0.6 is 22.6 Å². The number of benzene rings is 1. The van der Waals surface area contributed by atoms with Gasteiger partial charge in [-0.2, -0.15) is 14.4 Å². The van der Waals surface area contributed by atoms with Gasteiger partial charge in [0, 0.05) is 28.5 Å². The second kappa shape index (κ2) is 8.39. The van der Waals surface area contributed by atoms with Crippen molar-refractivity contribution in [2.24, 2.45) is 0 Å². The molecule has 1 aliphatic rings. The largest absolute Gasteiger partial charge is 0.382 e. The van der Waals surface area contributed by atoms with E-state index < -0.39 is 16.1 Å². The van der Waals surface area contributed by atoms with Crippen molar-refractivity contribution in [3.63, 3.8) is 0 Å². The van der Waals surface area contributed by atoms with Crippen LogP contribution in [-0.4, -0.2) is 46.5 Å². The minimum Gasteiger partial charge on any atom is -0.382 e. The lowest BCUT2D eigenvalue weighted by molar-refractivity contribution is 0.0994. The molecule has 9 nitrogen and oxygen atoms in total. The van der Waals surface area contributed by atoms with Crippen LogP contribution in [0.4, 0.5) is 10.2 Å². The molecule has 0 atom stereocenters. The summed E-state index contributed by atoms with van der Waals surface area (Å²) in [5, 5.41) is 0. The zero-order valence-electron chi connectivity index (χ0n) is 16.7. The smallest absolute Gasteiger partial charge is 0.312 e. The molecule has 2 heterocycles. The number of carbonyl (C=O) groups is 1. The zero-order chi connectivity index (χ0) is 22.3. The molecule has 12 heteroatoms. The molecule has 1 aromatic carbocycles. The van der Waals surface area contributed by atoms with E-state index in [1.54, 1.807) is 4.57 Å². The molecule has 1 aliphatic carbocycles. The number of hydrogen-bond acceptors (Lipinski definition) is 7. The van der Waals surface area contributed by atoms with Crippen LogP contribution in [0.25, 0.3) is 11.2 Å². The Kier molecular flexibility index (Phi) is 5.96. The number of anilines is 1. The first-order chi connectivity index (χ1) is 14.7. The first-order valence-electron chi connectivity index (χ1n) is 9.62. The van der Waals surface area contributed by atoms with Crippen molar-refractivity contribution < 1.29 is 17.6 Å². The van der Waals surface area contributed by atoms with Gasteiger partial charge in [0.1, 0.15) is 5.82 Å². The summed E-state index contributed by atoms with van der Waals surface area (Å²) >= 11 is 2.23. The van der Waals surface area contributed by atoms with Gasteiger partial charge in [-0.1, -0.05) is 0 Å². The maximum Gasteiger partial charge on any atom is 0.312 e. The van der Waals surface area contributed by atoms with Crippen molar-refractivity contribution in [1.82, 2.24) is 24.2 Å². The molecule has 2 aromatic heterocycles. The van der Waals surface area contributed by atoms with E-state index >= 15 is 0 Å². The average Bonchev–Trinajstić information content (AvgIpc) is 3.23. The van der Waals surface area contributed by atoms with Crippen LogP contribution in [-0.2, 0) is 29.4 Å². The molecule has 0 spiro atoms. The van der Waals surface area contributed by atoms with E-state index in [0.717, 1.165) is 26.7 Å². The highest BCUT2D eigenvalue weighted by Crippen LogP contribution is 2.29. The van der Waals surface area contributed by atoms with E-state index in [1.807, 2.05) is 12.1 Å². The summed E-state index contributed by atoms with van der Waals surface area (Å²) < 4.78 is 42.4. The van der Waals surface area contributed by atoms with Gasteiger partial charge in [0.15, 0.2) is 22.8 Å². The number of ketones is 1. The van der Waals surface area contributed by atoms with Gasteiger partial charge >= 0.3 is 6.08 Å². The molecule has 0 saturated carbocycles. The van der Waals surface area contributed by atoms with Gasteiger partial charge < -0.3 is 10.3 Å². The van der Waals surface area contributed by atoms with Gasteiger partial charge in [-0.15, -0.1) is 0 Å². The van der Waals surface area contributed by atoms with Gasteiger partial charge in [0.2, 0.25) is 10.0 Å². The van der Waals surface area contributed by atoms with Crippen molar-refractivity contribution in [3.05, 3.63) is 44.3 Å². The third kappa shape index (κ3) is 4.41. The van der Waals surface area contributed by atoms with Crippen molar-refractivity contribution in [2.45, 2.75) is 32.2 Å². The molecule has 31 heavy (non-hydrogen) atoms. The molecule has 0 unspecified atom stereocenters. The topological polar surface area (TPSA) is 133 Å². The number of halogens is 2. The number of sulfonamides is 1. The number of Topliss-reactive ketones (excluding diaryl/α,β-unsaturated/α-hetero) is 1. The molecule has 0 amide bonds. The monoisotopic (exact) mass is 558 g/mol. The van der Waals surface area contributed by atoms with E-state index in [-0.39, 0.29) is 41.5 Å². The second-order valence-corrected chi connectivity index (χ2v) is 10.5. The summed E-state index contributed by atoms with van der Waals surface area (Å²) in [7, 11) is -2.03. The lowest BCUT2D eigenvalue weighted by Crippen LogP contribution is -2.23. The van der Waals surface area contributed by atoms with Gasteiger partial charge in [0.25, 0.3) is 0 Å². The second-order valence-electron chi connectivity index (χ2n) is 7.31. The summed E-state index contributed by atoms with van der Waals surface area (Å²) in [5.74, 6) is 0.489. The fraction of sp³-hybridized carbons (Fsp3) is 0.368. The fourth-order valence-electron chi connectivity index (χ4n) is 3.74. The van der Waals surface area contributed by atoms with Crippen LogP contribution in [0.2, 0.25) is 0 Å². The standard InChI is InChI=1S/C19H20FIN6O3S/c1-23-31(29,30)6-2-5-27-15(24-16-17(22)25-19(20)26-18(16)27)9-11-7-12-10(8-13(11)21)3-4-14(12)28/h7-8,23H,2-6,9H2,1H3,(H2,22,25,26). The summed E-state index contributed by atoms with van der Waals surface area (Å²) in [4.78, 5) is 24.1. The van der Waals surface area contributed by atoms with E-state index in [9.17, 15) is 17.6 Å². The molecule has 3 N–H and O–H groups in total. The number of hydrogen-bond donors (Lipinski definition) is 2. The number of aromatic nitrogens is 4. The minimum atomic E-state index is -3.39. The number of aryl methyl sites for hydroxylation is 2. The van der Waals surface area contributed by atoms with Crippen LogP contribution in [0.1, 0.15) is 40.2 Å². The van der Waals surface area contributed by atoms with Gasteiger partial charge in [-0.3, -0.25) is 4.79 Å². The molecule has 0 aliphatic heterocycles. The Bertz CT molecular complexity index is 1310. The number of carbonyl (C=O) groups excluding carboxylic acids is 1. The minimum absolute atomic E-state index is 0.0795. The maximum absolute atomic E-state index is 13.8. The van der Waals surface area contributed by atoms with Crippen molar-refractivity contribution in [2.75, 3.05) is 18.5 Å². The van der Waals surface area contributed by atoms with Crippen LogP contribution in [0.15, 0.2) is 12.1 Å². The average molecular weight is 558 g/mol. The molecular formula is C19H20FIN6O3S. The number of imidazole rings is 1. The number of rotatable bonds is 7. The Labute approximate surface area is 191 Å². The van der Waals surface area contributed by atoms with Crippen LogP contribution < -0.4 is 10.5 Å². The van der Waals surface area contributed by atoms with Gasteiger partial charge in [0.05, 0.1) is 5.75 Å². The number of nitrogens with one attached hydrogen (secondary N) is 1. The van der Waals surface area contributed by atoms with E-state index in [0.29, 0.717) is 18.7 Å². The third-order valence-corrected chi connectivity index (χ3v) is 7.77. The number of fused-ring (bicyclic) bond motifs is 2. The normalized spacial score (nSPS) is 13.8. The Hall–Kier alpha value is -2.19. The van der Waals surface area contributed by atoms with Gasteiger partial charge in [-0.05, 0) is 65.7 Å². The highest BCUT2D eigenvalue weighted by atomic mass is 127. The predicted molar refractivity (Wildman–Crippen MR) is 122 cm³/mol. The number of nitrogens with two attached hydrogens (primary N) is 1. The van der Waals surface area contributed by atoms with Gasteiger partial charge in [-0.25, -0.2) is 18.1 Å². The fourth-order valence-corrected chi connectivity index (χ4v) is 5.17. The lowest BCUT2D eigenvalue weighted by atomic mass is 10.0. The number of nitrogen functional groups attached to an aromatic ring is 1. The molecular weight excluding hydrogens is 538 g/mol. The molecule has 0 bridgehead atoms. The zero-order valence-corrected chi connectivity index (χ0v) is 19.6. The molecule has 0 radical (unpaired) electrons. The summed E-state index contributed by atoms with van der Waals surface area (Å²) in [6.45, 7) is 0.253. The summed E-state index contributed by atoms with van der Waals surface area (Å²) in [5.41, 5.74) is 9.01. The number of nitrogens with zero attached hydrogens (tertiary/aromatic N) is 4. The lowest BCUT2D eigenvalue weighted by Gasteiger charge is -2.11. The van der Waals surface area contributed by atoms with Crippen molar-refractivity contribution in [3.8, 4) is 0 Å². The van der Waals surface area contributed by atoms with Crippen molar-refractivity contribution in [1.29, 1.82) is 0 Å². The van der Waals surface area contributed by atoms with Crippen molar-refractivity contribution >= 4 is 55.4 Å². The van der Waals surface area contributed by atoms with E-state index in [2.05, 4.69) is 42.3 Å². The highest BCUT2D eigenvalue weighted by molar-refractivity contribution is 14.1. The predicted octanol–water partition coefficient (Wildman–Crippen LogP) is 1.81. The summed E-state index contributed by atoms with van der Waals surface area (Å²) in [6, 6.07) is 3.90. The van der Waals surface area contributed by atoms with Crippen LogP contribution in [0, 0.1) is 9.65 Å². The molecule has 4 rings (SSSR count). The first kappa shape index (κ1) is 22.0. The molecule has 164 valence electrons. The van der Waals surface area contributed by atoms with E-state index in [4.69, 9.17) is 5.73 Å². The summed E-state index contributed by atoms with van der Waals surface area (Å²) in [6.07, 6.45) is 0.910. The third-order valence-electron chi connectivity index (χ3n) is 5.32. The maximum atomic E-state index is 13.8. The molecule has 3 aromatic rings. The Balaban J connectivity index is 1.74. The SMILES string of the molecule is CNS(=O)(=O)CCCn1c(Cc2cc3c(cc2I)CCC3=O)nc2c(N)nc(F)nc21. The van der Waals surface area contributed by atoms with Crippen LogP contribution in [0.5, 0.6) is 0 Å². The Morgan fingerprint density at radius 3 is 2.77 bits per heavy atom. The molecule has 0 saturated heterocycles. The molecule has 0 fully saturated rings. The Morgan fingerprint density at radius 1 is 1.26 bits per heavy atom. The van der Waals surface area contributed by atoms with E-state index in [1.165, 1.54) is 7.05 Å². The van der Waals surface area contributed by atoms with Crippen LogP contribution in [0.3, 0.4) is 0 Å². The quantitative estimate of drug-likeness (QED) is 0.334. The first-order valence-corrected chi connectivity index (χ1v) is 12.4. The Morgan fingerprint density at radius 2 is 2.03 bits per heavy atom. The highest BCUT2D eigenvalue weighted by Gasteiger charge is 2.23.